The van der Waals surface area contributed by atoms with Gasteiger partial charge in [-0.2, -0.15) is 0 Å². The lowest BCUT2D eigenvalue weighted by Gasteiger charge is -2.33. The molecule has 27 heavy (non-hydrogen) atoms. The second kappa shape index (κ2) is 9.09. The number of likely N-dealkylation sites (tertiary alicyclic amines) is 1. The molecule has 0 spiro atoms. The van der Waals surface area contributed by atoms with Gasteiger partial charge in [0.15, 0.2) is 0 Å². The molecule has 5 heteroatoms. The van der Waals surface area contributed by atoms with Crippen LogP contribution in [0.3, 0.4) is 0 Å². The van der Waals surface area contributed by atoms with Crippen LogP contribution in [-0.2, 0) is 13.5 Å². The molecule has 0 unspecified atom stereocenters. The van der Waals surface area contributed by atoms with E-state index in [0.717, 1.165) is 56.9 Å². The van der Waals surface area contributed by atoms with Gasteiger partial charge in [0.25, 0.3) is 5.91 Å². The second-order valence-electron chi connectivity index (χ2n) is 7.60. The first kappa shape index (κ1) is 19.5. The fourth-order valence-corrected chi connectivity index (χ4v) is 3.73. The van der Waals surface area contributed by atoms with Gasteiger partial charge >= 0.3 is 0 Å². The SMILES string of the molecule is COc1ccc(CCN(CC2CCN(C)CC2)C(=O)c2cccn2C)cc1. The summed E-state index contributed by atoms with van der Waals surface area (Å²) in [4.78, 5) is 17.6. The van der Waals surface area contributed by atoms with Gasteiger partial charge in [-0.1, -0.05) is 12.1 Å². The summed E-state index contributed by atoms with van der Waals surface area (Å²) >= 11 is 0. The number of carbonyl (C=O) groups is 1. The van der Waals surface area contributed by atoms with Crippen molar-refractivity contribution in [2.45, 2.75) is 19.3 Å². The van der Waals surface area contributed by atoms with E-state index in [1.165, 1.54) is 5.56 Å². The molecule has 1 aromatic heterocycles. The second-order valence-corrected chi connectivity index (χ2v) is 7.60. The summed E-state index contributed by atoms with van der Waals surface area (Å²) in [5.41, 5.74) is 1.99. The van der Waals surface area contributed by atoms with E-state index >= 15 is 0 Å². The number of nitrogens with zero attached hydrogens (tertiary/aromatic N) is 3. The molecular weight excluding hydrogens is 338 g/mol. The van der Waals surface area contributed by atoms with E-state index in [1.54, 1.807) is 7.11 Å². The number of rotatable bonds is 7. The first-order chi connectivity index (χ1) is 13.1. The van der Waals surface area contributed by atoms with Crippen LogP contribution in [0.5, 0.6) is 5.75 Å². The van der Waals surface area contributed by atoms with Crippen LogP contribution in [0.15, 0.2) is 42.6 Å². The number of hydrogen-bond acceptors (Lipinski definition) is 3. The maximum atomic E-state index is 13.2. The zero-order valence-electron chi connectivity index (χ0n) is 16.7. The molecule has 0 radical (unpaired) electrons. The lowest BCUT2D eigenvalue weighted by atomic mass is 9.96. The molecule has 0 N–H and O–H groups in total. The maximum Gasteiger partial charge on any atom is 0.270 e. The molecule has 0 atom stereocenters. The first-order valence-electron chi connectivity index (χ1n) is 9.79. The van der Waals surface area contributed by atoms with E-state index in [-0.39, 0.29) is 5.91 Å². The molecule has 0 saturated carbocycles. The van der Waals surface area contributed by atoms with Crippen molar-refractivity contribution in [3.63, 3.8) is 0 Å². The van der Waals surface area contributed by atoms with Gasteiger partial charge in [-0.05, 0) is 75.1 Å². The molecule has 5 nitrogen and oxygen atoms in total. The van der Waals surface area contributed by atoms with Crippen molar-refractivity contribution in [2.75, 3.05) is 40.3 Å². The molecule has 3 rings (SSSR count). The lowest BCUT2D eigenvalue weighted by molar-refractivity contribution is 0.0691. The third-order valence-electron chi connectivity index (χ3n) is 5.60. The summed E-state index contributed by atoms with van der Waals surface area (Å²) in [6, 6.07) is 12.0. The summed E-state index contributed by atoms with van der Waals surface area (Å²) in [5.74, 6) is 1.58. The van der Waals surface area contributed by atoms with E-state index in [1.807, 2.05) is 42.1 Å². The number of hydrogen-bond donors (Lipinski definition) is 0. The molecule has 0 bridgehead atoms. The molecule has 1 aliphatic heterocycles. The summed E-state index contributed by atoms with van der Waals surface area (Å²) in [7, 11) is 5.79. The van der Waals surface area contributed by atoms with Crippen LogP contribution in [-0.4, -0.2) is 60.6 Å². The molecule has 2 heterocycles. The highest BCUT2D eigenvalue weighted by Crippen LogP contribution is 2.19. The van der Waals surface area contributed by atoms with E-state index < -0.39 is 0 Å². The van der Waals surface area contributed by atoms with E-state index in [4.69, 9.17) is 4.74 Å². The molecule has 1 aliphatic rings. The van der Waals surface area contributed by atoms with Crippen LogP contribution >= 0.6 is 0 Å². The van der Waals surface area contributed by atoms with Gasteiger partial charge in [0.2, 0.25) is 0 Å². The largest absolute Gasteiger partial charge is 0.497 e. The van der Waals surface area contributed by atoms with Gasteiger partial charge in [0.1, 0.15) is 11.4 Å². The fourth-order valence-electron chi connectivity index (χ4n) is 3.73. The fraction of sp³-hybridized carbons (Fsp3) is 0.500. The van der Waals surface area contributed by atoms with Crippen LogP contribution in [0.2, 0.25) is 0 Å². The number of piperidine rings is 1. The molecular formula is C22H31N3O2. The van der Waals surface area contributed by atoms with Gasteiger partial charge in [-0.25, -0.2) is 0 Å². The highest BCUT2D eigenvalue weighted by Gasteiger charge is 2.24. The Balaban J connectivity index is 1.68. The third kappa shape index (κ3) is 5.13. The predicted octanol–water partition coefficient (Wildman–Crippen LogP) is 3.06. The van der Waals surface area contributed by atoms with Crippen LogP contribution in [0.4, 0.5) is 0 Å². The zero-order valence-corrected chi connectivity index (χ0v) is 16.7. The van der Waals surface area contributed by atoms with Gasteiger partial charge in [0.05, 0.1) is 7.11 Å². The third-order valence-corrected chi connectivity index (χ3v) is 5.60. The van der Waals surface area contributed by atoms with Crippen LogP contribution in [0.25, 0.3) is 0 Å². The van der Waals surface area contributed by atoms with Crippen molar-refractivity contribution in [1.82, 2.24) is 14.4 Å². The van der Waals surface area contributed by atoms with E-state index in [2.05, 4.69) is 29.0 Å². The number of aryl methyl sites for hydroxylation is 1. The molecule has 0 aliphatic carbocycles. The minimum atomic E-state index is 0.134. The van der Waals surface area contributed by atoms with Crippen molar-refractivity contribution >= 4 is 5.91 Å². The topological polar surface area (TPSA) is 37.7 Å². The lowest BCUT2D eigenvalue weighted by Crippen LogP contribution is -2.41. The number of methoxy groups -OCH3 is 1. The van der Waals surface area contributed by atoms with E-state index in [0.29, 0.717) is 5.92 Å². The van der Waals surface area contributed by atoms with E-state index in [9.17, 15) is 4.79 Å². The Kier molecular flexibility index (Phi) is 6.56. The van der Waals surface area contributed by atoms with Crippen molar-refractivity contribution in [3.05, 3.63) is 53.9 Å². The smallest absolute Gasteiger partial charge is 0.270 e. The van der Waals surface area contributed by atoms with Crippen molar-refractivity contribution in [1.29, 1.82) is 0 Å². The Morgan fingerprint density at radius 1 is 1.15 bits per heavy atom. The monoisotopic (exact) mass is 369 g/mol. The number of benzene rings is 1. The molecule has 1 saturated heterocycles. The number of amides is 1. The number of carbonyl (C=O) groups excluding carboxylic acids is 1. The van der Waals surface area contributed by atoms with Crippen molar-refractivity contribution < 1.29 is 9.53 Å². The minimum absolute atomic E-state index is 0.134. The first-order valence-corrected chi connectivity index (χ1v) is 9.79. The van der Waals surface area contributed by atoms with Gasteiger partial charge in [-0.3, -0.25) is 4.79 Å². The molecule has 1 amide bonds. The van der Waals surface area contributed by atoms with Crippen LogP contribution in [0, 0.1) is 5.92 Å². The quantitative estimate of drug-likeness (QED) is 0.753. The molecule has 146 valence electrons. The summed E-state index contributed by atoms with van der Waals surface area (Å²) in [6.07, 6.45) is 5.11. The Bertz CT molecular complexity index is 730. The highest BCUT2D eigenvalue weighted by molar-refractivity contribution is 5.92. The average Bonchev–Trinajstić information content (AvgIpc) is 3.12. The Morgan fingerprint density at radius 2 is 1.85 bits per heavy atom. The Morgan fingerprint density at radius 3 is 2.44 bits per heavy atom. The van der Waals surface area contributed by atoms with Crippen LogP contribution < -0.4 is 4.74 Å². The summed E-state index contributed by atoms with van der Waals surface area (Å²) < 4.78 is 7.15. The van der Waals surface area contributed by atoms with Gasteiger partial charge in [-0.15, -0.1) is 0 Å². The maximum absolute atomic E-state index is 13.2. The predicted molar refractivity (Wildman–Crippen MR) is 108 cm³/mol. The summed E-state index contributed by atoms with van der Waals surface area (Å²) in [5, 5.41) is 0. The normalized spacial score (nSPS) is 15.7. The number of aromatic nitrogens is 1. The molecule has 1 fully saturated rings. The van der Waals surface area contributed by atoms with Crippen molar-refractivity contribution in [3.8, 4) is 5.75 Å². The summed E-state index contributed by atoms with van der Waals surface area (Å²) in [6.45, 7) is 3.82. The zero-order chi connectivity index (χ0) is 19.2. The molecule has 2 aromatic rings. The van der Waals surface area contributed by atoms with Gasteiger partial charge < -0.3 is 19.1 Å². The van der Waals surface area contributed by atoms with Gasteiger partial charge in [0, 0.05) is 26.3 Å². The Hall–Kier alpha value is -2.27. The minimum Gasteiger partial charge on any atom is -0.497 e. The average molecular weight is 370 g/mol. The highest BCUT2D eigenvalue weighted by atomic mass is 16.5. The Labute approximate surface area is 162 Å². The van der Waals surface area contributed by atoms with Crippen LogP contribution in [0.1, 0.15) is 28.9 Å². The molecule has 1 aromatic carbocycles. The standard InChI is InChI=1S/C22H31N3O2/c1-23-14-10-19(11-15-23)17-25(22(26)21-5-4-13-24(21)2)16-12-18-6-8-20(27-3)9-7-18/h4-9,13,19H,10-12,14-17H2,1-3H3. The van der Waals surface area contributed by atoms with Crippen molar-refractivity contribution in [2.24, 2.45) is 13.0 Å². The number of ether oxygens (including phenoxy) is 1.